The summed E-state index contributed by atoms with van der Waals surface area (Å²) in [6, 6.07) is 12.9. The van der Waals surface area contributed by atoms with E-state index in [1.54, 1.807) is 42.5 Å². The molecule has 0 saturated heterocycles. The number of benzene rings is 2. The predicted octanol–water partition coefficient (Wildman–Crippen LogP) is 3.98. The van der Waals surface area contributed by atoms with Gasteiger partial charge in [-0.05, 0) is 49.4 Å². The Hall–Kier alpha value is -2.63. The molecule has 1 aliphatic heterocycles. The van der Waals surface area contributed by atoms with Crippen LogP contribution in [0.4, 0.5) is 11.4 Å². The third kappa shape index (κ3) is 3.29. The second-order valence-corrected chi connectivity index (χ2v) is 6.19. The highest BCUT2D eigenvalue weighted by atomic mass is 35.5. The summed E-state index contributed by atoms with van der Waals surface area (Å²) in [5.74, 6) is -1.27. The van der Waals surface area contributed by atoms with E-state index in [4.69, 9.17) is 23.2 Å². The highest BCUT2D eigenvalue weighted by Crippen LogP contribution is 2.31. The van der Waals surface area contributed by atoms with E-state index >= 15 is 0 Å². The van der Waals surface area contributed by atoms with Crippen LogP contribution in [0.15, 0.2) is 59.3 Å². The van der Waals surface area contributed by atoms with Gasteiger partial charge in [-0.3, -0.25) is 14.4 Å². The molecule has 2 aromatic carbocycles. The average Bonchev–Trinajstić information content (AvgIpc) is 2.79. The molecule has 0 fully saturated rings. The summed E-state index contributed by atoms with van der Waals surface area (Å²) in [5, 5.41) is 3.03. The number of hydrogen-bond donors (Lipinski definition) is 1. The fraction of sp³-hybridized carbons (Fsp3) is 0.0556. The van der Waals surface area contributed by atoms with Gasteiger partial charge in [0.2, 0.25) is 0 Å². The zero-order valence-electron chi connectivity index (χ0n) is 13.0. The van der Waals surface area contributed by atoms with Crippen LogP contribution in [0, 0.1) is 0 Å². The second kappa shape index (κ2) is 6.70. The van der Waals surface area contributed by atoms with Gasteiger partial charge in [-0.1, -0.05) is 29.3 Å². The number of Topliss-reactive ketones (excluding diaryl/α,β-unsaturated/α-hetero) is 1. The maximum atomic E-state index is 12.6. The van der Waals surface area contributed by atoms with E-state index in [2.05, 4.69) is 5.32 Å². The van der Waals surface area contributed by atoms with Gasteiger partial charge in [-0.15, -0.1) is 0 Å². The molecule has 2 amide bonds. The van der Waals surface area contributed by atoms with Gasteiger partial charge in [0, 0.05) is 16.3 Å². The molecule has 1 aliphatic rings. The van der Waals surface area contributed by atoms with Crippen LogP contribution in [-0.4, -0.2) is 17.6 Å². The Bertz CT molecular complexity index is 920. The van der Waals surface area contributed by atoms with E-state index in [1.165, 1.54) is 13.0 Å². The van der Waals surface area contributed by atoms with Crippen LogP contribution in [0.1, 0.15) is 17.3 Å². The quantitative estimate of drug-likeness (QED) is 0.649. The van der Waals surface area contributed by atoms with E-state index in [0.29, 0.717) is 22.0 Å². The van der Waals surface area contributed by atoms with Crippen LogP contribution in [0.3, 0.4) is 0 Å². The summed E-state index contributed by atoms with van der Waals surface area (Å²) < 4.78 is 0. The first kappa shape index (κ1) is 17.2. The van der Waals surface area contributed by atoms with Gasteiger partial charge in [0.1, 0.15) is 10.7 Å². The number of nitrogens with one attached hydrogen (secondary N) is 1. The molecular formula is C18H12Cl2N2O3. The fourth-order valence-corrected chi connectivity index (χ4v) is 2.79. The van der Waals surface area contributed by atoms with Crippen LogP contribution in [-0.2, 0) is 9.59 Å². The number of imide groups is 1. The molecule has 126 valence electrons. The largest absolute Gasteiger partial charge is 0.350 e. The van der Waals surface area contributed by atoms with Crippen molar-refractivity contribution in [3.8, 4) is 0 Å². The number of ketones is 1. The maximum absolute atomic E-state index is 12.6. The first-order valence-electron chi connectivity index (χ1n) is 7.30. The average molecular weight is 375 g/mol. The van der Waals surface area contributed by atoms with Crippen LogP contribution in [0.25, 0.3) is 0 Å². The standard InChI is InChI=1S/C18H12Cl2N2O3/c1-10(23)11-5-7-13(8-6-11)21-16-15(20)17(24)22(18(16)25)14-4-2-3-12(19)9-14/h2-9,21H,1H3. The zero-order chi connectivity index (χ0) is 18.1. The smallest absolute Gasteiger partial charge is 0.283 e. The van der Waals surface area contributed by atoms with Crippen molar-refractivity contribution in [3.63, 3.8) is 0 Å². The van der Waals surface area contributed by atoms with Crippen molar-refractivity contribution in [2.24, 2.45) is 0 Å². The van der Waals surface area contributed by atoms with Crippen molar-refractivity contribution in [1.29, 1.82) is 0 Å². The van der Waals surface area contributed by atoms with Gasteiger partial charge in [0.15, 0.2) is 5.78 Å². The molecule has 2 aromatic rings. The number of anilines is 2. The molecule has 0 bridgehead atoms. The fourth-order valence-electron chi connectivity index (χ4n) is 2.39. The summed E-state index contributed by atoms with van der Waals surface area (Å²) in [4.78, 5) is 37.2. The molecule has 0 atom stereocenters. The van der Waals surface area contributed by atoms with Crippen LogP contribution < -0.4 is 10.2 Å². The highest BCUT2D eigenvalue weighted by Gasteiger charge is 2.39. The summed E-state index contributed by atoms with van der Waals surface area (Å²) >= 11 is 12.0. The molecular weight excluding hydrogens is 363 g/mol. The van der Waals surface area contributed by atoms with Crippen molar-refractivity contribution in [2.45, 2.75) is 6.92 Å². The molecule has 3 rings (SSSR count). The molecule has 0 unspecified atom stereocenters. The lowest BCUT2D eigenvalue weighted by atomic mass is 10.1. The third-order valence-electron chi connectivity index (χ3n) is 3.65. The van der Waals surface area contributed by atoms with E-state index in [-0.39, 0.29) is 16.5 Å². The van der Waals surface area contributed by atoms with E-state index in [1.807, 2.05) is 0 Å². The van der Waals surface area contributed by atoms with Crippen LogP contribution in [0.2, 0.25) is 5.02 Å². The first-order valence-corrected chi connectivity index (χ1v) is 8.06. The number of halogens is 2. The number of hydrogen-bond acceptors (Lipinski definition) is 4. The Morgan fingerprint density at radius 3 is 2.28 bits per heavy atom. The van der Waals surface area contributed by atoms with Gasteiger partial charge < -0.3 is 5.32 Å². The Kier molecular flexibility index (Phi) is 4.61. The third-order valence-corrected chi connectivity index (χ3v) is 4.24. The van der Waals surface area contributed by atoms with E-state index < -0.39 is 11.8 Å². The SMILES string of the molecule is CC(=O)c1ccc(NC2=C(Cl)C(=O)N(c3cccc(Cl)c3)C2=O)cc1. The monoisotopic (exact) mass is 374 g/mol. The van der Waals surface area contributed by atoms with Crippen molar-refractivity contribution < 1.29 is 14.4 Å². The van der Waals surface area contributed by atoms with Crippen molar-refractivity contribution >= 4 is 52.2 Å². The second-order valence-electron chi connectivity index (χ2n) is 5.37. The van der Waals surface area contributed by atoms with Crippen LogP contribution in [0.5, 0.6) is 0 Å². The van der Waals surface area contributed by atoms with Crippen LogP contribution >= 0.6 is 23.2 Å². The van der Waals surface area contributed by atoms with Crippen molar-refractivity contribution in [1.82, 2.24) is 0 Å². The number of carbonyl (C=O) groups excluding carboxylic acids is 3. The molecule has 0 spiro atoms. The minimum atomic E-state index is -0.628. The van der Waals surface area contributed by atoms with Gasteiger partial charge in [-0.2, -0.15) is 0 Å². The zero-order valence-corrected chi connectivity index (χ0v) is 14.6. The summed E-state index contributed by atoms with van der Waals surface area (Å²) in [6.07, 6.45) is 0. The number of nitrogens with zero attached hydrogens (tertiary/aromatic N) is 1. The topological polar surface area (TPSA) is 66.5 Å². The number of amides is 2. The molecule has 5 nitrogen and oxygen atoms in total. The maximum Gasteiger partial charge on any atom is 0.283 e. The molecule has 0 aliphatic carbocycles. The first-order chi connectivity index (χ1) is 11.9. The Labute approximate surface area is 153 Å². The molecule has 0 aromatic heterocycles. The molecule has 0 saturated carbocycles. The Morgan fingerprint density at radius 1 is 1.00 bits per heavy atom. The lowest BCUT2D eigenvalue weighted by Gasteiger charge is -2.15. The van der Waals surface area contributed by atoms with Gasteiger partial charge in [-0.25, -0.2) is 4.90 Å². The summed E-state index contributed by atoms with van der Waals surface area (Å²) in [6.45, 7) is 1.46. The van der Waals surface area contributed by atoms with Crippen molar-refractivity contribution in [2.75, 3.05) is 10.2 Å². The normalized spacial score (nSPS) is 14.3. The minimum absolute atomic E-state index is 0.0257. The van der Waals surface area contributed by atoms with E-state index in [9.17, 15) is 14.4 Å². The van der Waals surface area contributed by atoms with Gasteiger partial charge >= 0.3 is 0 Å². The lowest BCUT2D eigenvalue weighted by Crippen LogP contribution is -2.32. The number of rotatable bonds is 4. The van der Waals surface area contributed by atoms with E-state index in [0.717, 1.165) is 4.90 Å². The number of carbonyl (C=O) groups is 3. The Morgan fingerprint density at radius 2 is 1.68 bits per heavy atom. The van der Waals surface area contributed by atoms with Crippen molar-refractivity contribution in [3.05, 3.63) is 69.8 Å². The highest BCUT2D eigenvalue weighted by molar-refractivity contribution is 6.53. The lowest BCUT2D eigenvalue weighted by molar-refractivity contribution is -0.120. The predicted molar refractivity (Wildman–Crippen MR) is 96.9 cm³/mol. The Balaban J connectivity index is 1.88. The van der Waals surface area contributed by atoms with Gasteiger partial charge in [0.05, 0.1) is 5.69 Å². The molecule has 1 heterocycles. The minimum Gasteiger partial charge on any atom is -0.350 e. The molecule has 25 heavy (non-hydrogen) atoms. The van der Waals surface area contributed by atoms with Gasteiger partial charge in [0.25, 0.3) is 11.8 Å². The molecule has 7 heteroatoms. The summed E-state index contributed by atoms with van der Waals surface area (Å²) in [5.41, 5.74) is 1.39. The summed E-state index contributed by atoms with van der Waals surface area (Å²) in [7, 11) is 0. The molecule has 0 radical (unpaired) electrons. The molecule has 1 N–H and O–H groups in total.